The molecule has 1 atom stereocenters. The molecule has 0 fully saturated rings. The molecule has 0 saturated carbocycles. The van der Waals surface area contributed by atoms with E-state index < -0.39 is 11.9 Å². The van der Waals surface area contributed by atoms with Crippen LogP contribution in [0.3, 0.4) is 0 Å². The third kappa shape index (κ3) is 6.53. The van der Waals surface area contributed by atoms with Crippen LogP contribution in [0.4, 0.5) is 5.69 Å². The summed E-state index contributed by atoms with van der Waals surface area (Å²) in [4.78, 5) is 24.4. The zero-order valence-corrected chi connectivity index (χ0v) is 20.6. The van der Waals surface area contributed by atoms with Gasteiger partial charge >= 0.3 is 5.97 Å². The molecule has 4 aromatic rings. The van der Waals surface area contributed by atoms with Crippen molar-refractivity contribution in [3.8, 4) is 11.8 Å². The summed E-state index contributed by atoms with van der Waals surface area (Å²) in [6.07, 6.45) is 1.06. The van der Waals surface area contributed by atoms with Crippen molar-refractivity contribution in [2.45, 2.75) is 38.7 Å². The first-order valence-electron chi connectivity index (χ1n) is 12.2. The minimum atomic E-state index is -0.845. The maximum absolute atomic E-state index is 13.4. The molecule has 1 amide bonds. The second-order valence-corrected chi connectivity index (χ2v) is 8.94. The largest absolute Gasteiger partial charge is 0.489 e. The topological polar surface area (TPSA) is 99.4 Å². The van der Waals surface area contributed by atoms with Crippen LogP contribution in [0, 0.1) is 11.3 Å². The van der Waals surface area contributed by atoms with Gasteiger partial charge in [0.1, 0.15) is 12.4 Å². The molecule has 0 aromatic heterocycles. The van der Waals surface area contributed by atoms with E-state index in [1.807, 2.05) is 67.6 Å². The highest BCUT2D eigenvalue weighted by atomic mass is 16.5. The minimum Gasteiger partial charge on any atom is -0.489 e. The van der Waals surface area contributed by atoms with Crippen molar-refractivity contribution < 1.29 is 19.4 Å². The number of rotatable bonds is 10. The first kappa shape index (κ1) is 25.5. The van der Waals surface area contributed by atoms with E-state index in [1.165, 1.54) is 0 Å². The Bertz CT molecular complexity index is 1450. The summed E-state index contributed by atoms with van der Waals surface area (Å²) >= 11 is 0. The van der Waals surface area contributed by atoms with Crippen LogP contribution in [0.1, 0.15) is 47.9 Å². The van der Waals surface area contributed by atoms with Crippen LogP contribution in [-0.4, -0.2) is 17.0 Å². The van der Waals surface area contributed by atoms with E-state index in [0.29, 0.717) is 29.8 Å². The molecule has 0 radical (unpaired) electrons. The average molecular weight is 493 g/mol. The van der Waals surface area contributed by atoms with Crippen molar-refractivity contribution in [1.29, 1.82) is 5.26 Å². The fourth-order valence-corrected chi connectivity index (χ4v) is 4.28. The van der Waals surface area contributed by atoms with Crippen LogP contribution < -0.4 is 10.1 Å². The number of nitriles is 1. The van der Waals surface area contributed by atoms with E-state index in [1.54, 1.807) is 24.3 Å². The molecule has 4 rings (SSSR count). The Morgan fingerprint density at radius 2 is 1.76 bits per heavy atom. The monoisotopic (exact) mass is 492 g/mol. The van der Waals surface area contributed by atoms with Crippen molar-refractivity contribution in [1.82, 2.24) is 0 Å². The Morgan fingerprint density at radius 3 is 2.51 bits per heavy atom. The van der Waals surface area contributed by atoms with Gasteiger partial charge in [-0.25, -0.2) is 0 Å². The number of anilines is 1. The van der Waals surface area contributed by atoms with E-state index in [-0.39, 0.29) is 18.9 Å². The van der Waals surface area contributed by atoms with Gasteiger partial charge in [-0.05, 0) is 77.6 Å². The molecule has 2 N–H and O–H groups in total. The number of benzene rings is 4. The highest BCUT2D eigenvalue weighted by molar-refractivity contribution is 5.99. The van der Waals surface area contributed by atoms with E-state index in [0.717, 1.165) is 27.5 Å². The molecule has 0 bridgehead atoms. The third-order valence-electron chi connectivity index (χ3n) is 6.34. The van der Waals surface area contributed by atoms with Gasteiger partial charge in [0.25, 0.3) is 0 Å². The molecule has 0 spiro atoms. The summed E-state index contributed by atoms with van der Waals surface area (Å²) in [6.45, 7) is 2.17. The van der Waals surface area contributed by atoms with Gasteiger partial charge in [0.05, 0.1) is 17.6 Å². The van der Waals surface area contributed by atoms with E-state index in [4.69, 9.17) is 15.1 Å². The van der Waals surface area contributed by atoms with Crippen molar-refractivity contribution in [3.63, 3.8) is 0 Å². The van der Waals surface area contributed by atoms with Gasteiger partial charge < -0.3 is 15.2 Å². The fourth-order valence-electron chi connectivity index (χ4n) is 4.28. The standard InChI is InChI=1S/C31H28N2O4/c1-21(27-10-4-7-24-6-2-3-9-28(24)27)31(36)33-29-18-23(12-15-25(29)8-5-11-30(34)35)20-37-26-16-13-22(19-32)14-17-26/h2-4,6-7,9-10,12-18,21H,5,8,11,20H2,1H3,(H,33,36)(H,34,35). The molecule has 0 aliphatic heterocycles. The lowest BCUT2D eigenvalue weighted by atomic mass is 9.94. The summed E-state index contributed by atoms with van der Waals surface area (Å²) in [5, 5.41) is 23.2. The van der Waals surface area contributed by atoms with Gasteiger partial charge in [0, 0.05) is 12.1 Å². The minimum absolute atomic E-state index is 0.0589. The van der Waals surface area contributed by atoms with Crippen molar-refractivity contribution in [2.24, 2.45) is 0 Å². The van der Waals surface area contributed by atoms with Gasteiger partial charge in [0.2, 0.25) is 5.91 Å². The Kier molecular flexibility index (Phi) is 8.17. The Morgan fingerprint density at radius 1 is 1.00 bits per heavy atom. The second-order valence-electron chi connectivity index (χ2n) is 8.94. The number of amides is 1. The third-order valence-corrected chi connectivity index (χ3v) is 6.34. The molecular weight excluding hydrogens is 464 g/mol. The number of carboxylic acid groups (broad SMARTS) is 1. The first-order chi connectivity index (χ1) is 17.9. The molecule has 0 aliphatic rings. The number of aryl methyl sites for hydroxylation is 1. The maximum atomic E-state index is 13.4. The second kappa shape index (κ2) is 11.9. The number of hydrogen-bond donors (Lipinski definition) is 2. The first-order valence-corrected chi connectivity index (χ1v) is 12.2. The molecule has 1 unspecified atom stereocenters. The number of carboxylic acids is 1. The van der Waals surface area contributed by atoms with Crippen LogP contribution in [0.25, 0.3) is 10.8 Å². The Hall–Kier alpha value is -4.63. The number of fused-ring (bicyclic) bond motifs is 1. The summed E-state index contributed by atoms with van der Waals surface area (Å²) in [6, 6.07) is 28.6. The van der Waals surface area contributed by atoms with Gasteiger partial charge in [0.15, 0.2) is 0 Å². The highest BCUT2D eigenvalue weighted by Crippen LogP contribution is 2.28. The van der Waals surface area contributed by atoms with Crippen molar-refractivity contribution in [3.05, 3.63) is 107 Å². The predicted molar refractivity (Wildman–Crippen MR) is 143 cm³/mol. The number of ether oxygens (including phenoxy) is 1. The number of carbonyl (C=O) groups is 2. The average Bonchev–Trinajstić information content (AvgIpc) is 2.92. The number of carbonyl (C=O) groups excluding carboxylic acids is 1. The maximum Gasteiger partial charge on any atom is 0.303 e. The SMILES string of the molecule is CC(C(=O)Nc1cc(COc2ccc(C#N)cc2)ccc1CCCC(=O)O)c1cccc2ccccc12. The van der Waals surface area contributed by atoms with Crippen LogP contribution in [-0.2, 0) is 22.6 Å². The van der Waals surface area contributed by atoms with Gasteiger partial charge in [-0.3, -0.25) is 9.59 Å². The highest BCUT2D eigenvalue weighted by Gasteiger charge is 2.19. The lowest BCUT2D eigenvalue weighted by Gasteiger charge is -2.18. The lowest BCUT2D eigenvalue weighted by Crippen LogP contribution is -2.20. The van der Waals surface area contributed by atoms with Gasteiger partial charge in [-0.2, -0.15) is 5.26 Å². The number of aliphatic carboxylic acids is 1. The van der Waals surface area contributed by atoms with Crippen molar-refractivity contribution >= 4 is 28.3 Å². The predicted octanol–water partition coefficient (Wildman–Crippen LogP) is 6.44. The smallest absolute Gasteiger partial charge is 0.303 e. The lowest BCUT2D eigenvalue weighted by molar-refractivity contribution is -0.137. The normalized spacial score (nSPS) is 11.5. The molecule has 6 nitrogen and oxygen atoms in total. The Labute approximate surface area is 216 Å². The van der Waals surface area contributed by atoms with Gasteiger partial charge in [-0.1, -0.05) is 54.6 Å². The molecule has 0 saturated heterocycles. The quantitative estimate of drug-likeness (QED) is 0.265. The van der Waals surface area contributed by atoms with Crippen LogP contribution in [0.2, 0.25) is 0 Å². The van der Waals surface area contributed by atoms with Crippen LogP contribution in [0.15, 0.2) is 84.9 Å². The zero-order valence-electron chi connectivity index (χ0n) is 20.6. The molecular formula is C31H28N2O4. The Balaban J connectivity index is 1.54. The molecule has 0 aliphatic carbocycles. The number of nitrogens with zero attached hydrogens (tertiary/aromatic N) is 1. The molecule has 0 heterocycles. The van der Waals surface area contributed by atoms with E-state index >= 15 is 0 Å². The summed E-state index contributed by atoms with van der Waals surface area (Å²) < 4.78 is 5.87. The van der Waals surface area contributed by atoms with E-state index in [9.17, 15) is 9.59 Å². The number of hydrogen-bond acceptors (Lipinski definition) is 4. The van der Waals surface area contributed by atoms with Crippen molar-refractivity contribution in [2.75, 3.05) is 5.32 Å². The molecule has 37 heavy (non-hydrogen) atoms. The zero-order chi connectivity index (χ0) is 26.2. The molecule has 186 valence electrons. The summed E-state index contributed by atoms with van der Waals surface area (Å²) in [5.74, 6) is -0.736. The summed E-state index contributed by atoms with van der Waals surface area (Å²) in [5.41, 5.74) is 3.90. The van der Waals surface area contributed by atoms with Gasteiger partial charge in [-0.15, -0.1) is 0 Å². The van der Waals surface area contributed by atoms with Crippen LogP contribution >= 0.6 is 0 Å². The summed E-state index contributed by atoms with van der Waals surface area (Å²) in [7, 11) is 0. The van der Waals surface area contributed by atoms with E-state index in [2.05, 4.69) is 11.4 Å². The molecule has 4 aromatic carbocycles. The fraction of sp³-hybridized carbons (Fsp3) is 0.194. The molecule has 6 heteroatoms. The number of nitrogens with one attached hydrogen (secondary N) is 1. The van der Waals surface area contributed by atoms with Crippen LogP contribution in [0.5, 0.6) is 5.75 Å².